The van der Waals surface area contributed by atoms with Gasteiger partial charge in [0.2, 0.25) is 0 Å². The first-order valence-electron chi connectivity index (χ1n) is 6.21. The maximum atomic E-state index is 12.3. The smallest absolute Gasteiger partial charge is 0.166 e. The van der Waals surface area contributed by atoms with Crippen molar-refractivity contribution in [3.63, 3.8) is 0 Å². The minimum atomic E-state index is 0.246. The average Bonchev–Trinajstić information content (AvgIpc) is 2.98. The molecule has 0 saturated heterocycles. The van der Waals surface area contributed by atoms with Crippen molar-refractivity contribution in [2.75, 3.05) is 0 Å². The Morgan fingerprint density at radius 2 is 2.12 bits per heavy atom. The number of fused-ring (bicyclic) bond motifs is 1. The summed E-state index contributed by atoms with van der Waals surface area (Å²) in [4.78, 5) is 16.6. The molecule has 3 nitrogen and oxygen atoms in total. The first kappa shape index (κ1) is 10.5. The molecular formula is C14H16N2O. The summed E-state index contributed by atoms with van der Waals surface area (Å²) in [5.41, 5.74) is 2.81. The molecule has 0 amide bonds. The molecule has 0 atom stereocenters. The lowest BCUT2D eigenvalue weighted by atomic mass is 9.96. The number of carbonyl (C=O) groups is 1. The third kappa shape index (κ3) is 1.75. The third-order valence-corrected chi connectivity index (χ3v) is 3.74. The fourth-order valence-corrected chi connectivity index (χ4v) is 2.71. The summed E-state index contributed by atoms with van der Waals surface area (Å²) in [6.45, 7) is 0. The van der Waals surface area contributed by atoms with E-state index in [1.807, 2.05) is 29.8 Å². The summed E-state index contributed by atoms with van der Waals surface area (Å²) in [5, 5.41) is 0. The predicted molar refractivity (Wildman–Crippen MR) is 67.0 cm³/mol. The van der Waals surface area contributed by atoms with Gasteiger partial charge in [-0.25, -0.2) is 4.98 Å². The minimum Gasteiger partial charge on any atom is -0.334 e. The lowest BCUT2D eigenvalue weighted by Gasteiger charge is -2.07. The van der Waals surface area contributed by atoms with Gasteiger partial charge in [0.1, 0.15) is 0 Å². The quantitative estimate of drug-likeness (QED) is 0.741. The molecule has 0 aliphatic heterocycles. The summed E-state index contributed by atoms with van der Waals surface area (Å²) in [6.07, 6.45) is 6.29. The number of aryl methyl sites for hydroxylation is 1. The second-order valence-electron chi connectivity index (χ2n) is 4.90. The molecule has 1 saturated carbocycles. The molecule has 0 radical (unpaired) electrons. The van der Waals surface area contributed by atoms with Gasteiger partial charge in [-0.1, -0.05) is 12.8 Å². The second-order valence-corrected chi connectivity index (χ2v) is 4.90. The largest absolute Gasteiger partial charge is 0.334 e. The van der Waals surface area contributed by atoms with Crippen molar-refractivity contribution in [1.82, 2.24) is 9.55 Å². The highest BCUT2D eigenvalue weighted by Crippen LogP contribution is 2.28. The van der Waals surface area contributed by atoms with Crippen LogP contribution in [0.15, 0.2) is 24.5 Å². The van der Waals surface area contributed by atoms with Crippen LogP contribution < -0.4 is 0 Å². The molecule has 1 aromatic heterocycles. The number of nitrogens with zero attached hydrogens (tertiary/aromatic N) is 2. The van der Waals surface area contributed by atoms with Gasteiger partial charge in [-0.2, -0.15) is 0 Å². The molecule has 0 unspecified atom stereocenters. The fraction of sp³-hybridized carbons (Fsp3) is 0.429. The molecule has 1 aromatic carbocycles. The van der Waals surface area contributed by atoms with E-state index in [2.05, 4.69) is 4.98 Å². The van der Waals surface area contributed by atoms with Gasteiger partial charge in [0, 0.05) is 18.5 Å². The van der Waals surface area contributed by atoms with Gasteiger partial charge < -0.3 is 4.57 Å². The second kappa shape index (κ2) is 3.99. The molecule has 1 aliphatic rings. The van der Waals surface area contributed by atoms with E-state index in [4.69, 9.17) is 0 Å². The van der Waals surface area contributed by atoms with Crippen molar-refractivity contribution in [3.8, 4) is 0 Å². The molecular weight excluding hydrogens is 212 g/mol. The zero-order valence-corrected chi connectivity index (χ0v) is 10.0. The molecule has 1 fully saturated rings. The number of Topliss-reactive ketones (excluding diaryl/α,β-unsaturated/α-hetero) is 1. The Hall–Kier alpha value is -1.64. The summed E-state index contributed by atoms with van der Waals surface area (Å²) in [6, 6.07) is 5.85. The van der Waals surface area contributed by atoms with Crippen LogP contribution in [0.5, 0.6) is 0 Å². The number of carbonyl (C=O) groups excluding carboxylic acids is 1. The first-order valence-corrected chi connectivity index (χ1v) is 6.21. The topological polar surface area (TPSA) is 34.9 Å². The highest BCUT2D eigenvalue weighted by molar-refractivity contribution is 6.00. The molecule has 0 N–H and O–H groups in total. The number of ketones is 1. The Morgan fingerprint density at radius 1 is 1.35 bits per heavy atom. The number of hydrogen-bond donors (Lipinski definition) is 0. The van der Waals surface area contributed by atoms with E-state index >= 15 is 0 Å². The van der Waals surface area contributed by atoms with E-state index in [1.165, 1.54) is 12.8 Å². The van der Waals surface area contributed by atoms with Crippen LogP contribution in [0.25, 0.3) is 11.0 Å². The zero-order chi connectivity index (χ0) is 11.8. The van der Waals surface area contributed by atoms with E-state index in [0.717, 1.165) is 29.4 Å². The molecule has 1 aliphatic carbocycles. The van der Waals surface area contributed by atoms with Crippen LogP contribution >= 0.6 is 0 Å². The Labute approximate surface area is 100 Å². The van der Waals surface area contributed by atoms with Gasteiger partial charge in [0.15, 0.2) is 5.78 Å². The van der Waals surface area contributed by atoms with Crippen molar-refractivity contribution in [2.24, 2.45) is 13.0 Å². The maximum absolute atomic E-state index is 12.3. The van der Waals surface area contributed by atoms with Gasteiger partial charge >= 0.3 is 0 Å². The lowest BCUT2D eigenvalue weighted by Crippen LogP contribution is -2.10. The number of aromatic nitrogens is 2. The van der Waals surface area contributed by atoms with E-state index in [0.29, 0.717) is 5.78 Å². The Bertz CT molecular complexity index is 565. The van der Waals surface area contributed by atoms with Crippen LogP contribution in [0, 0.1) is 5.92 Å². The van der Waals surface area contributed by atoms with E-state index in [9.17, 15) is 4.79 Å². The average molecular weight is 228 g/mol. The Balaban J connectivity index is 1.97. The number of imidazole rings is 1. The predicted octanol–water partition coefficient (Wildman–Crippen LogP) is 2.95. The van der Waals surface area contributed by atoms with Gasteiger partial charge in [0.25, 0.3) is 0 Å². The van der Waals surface area contributed by atoms with Crippen molar-refractivity contribution >= 4 is 16.8 Å². The molecule has 88 valence electrons. The lowest BCUT2D eigenvalue weighted by molar-refractivity contribution is 0.0923. The molecule has 1 heterocycles. The van der Waals surface area contributed by atoms with E-state index < -0.39 is 0 Å². The maximum Gasteiger partial charge on any atom is 0.166 e. The van der Waals surface area contributed by atoms with Crippen LogP contribution in [0.3, 0.4) is 0 Å². The monoisotopic (exact) mass is 228 g/mol. The van der Waals surface area contributed by atoms with Crippen LogP contribution in [-0.4, -0.2) is 15.3 Å². The normalized spacial score (nSPS) is 16.8. The van der Waals surface area contributed by atoms with Crippen molar-refractivity contribution in [1.29, 1.82) is 0 Å². The van der Waals surface area contributed by atoms with Crippen molar-refractivity contribution < 1.29 is 4.79 Å². The number of hydrogen-bond acceptors (Lipinski definition) is 2. The van der Waals surface area contributed by atoms with Crippen molar-refractivity contribution in [2.45, 2.75) is 25.7 Å². The van der Waals surface area contributed by atoms with Crippen LogP contribution in [-0.2, 0) is 7.05 Å². The van der Waals surface area contributed by atoms with Crippen LogP contribution in [0.2, 0.25) is 0 Å². The fourth-order valence-electron chi connectivity index (χ4n) is 2.71. The Kier molecular flexibility index (Phi) is 2.46. The van der Waals surface area contributed by atoms with Crippen LogP contribution in [0.4, 0.5) is 0 Å². The molecule has 3 heteroatoms. The third-order valence-electron chi connectivity index (χ3n) is 3.74. The molecule has 0 spiro atoms. The van der Waals surface area contributed by atoms with Crippen molar-refractivity contribution in [3.05, 3.63) is 30.1 Å². The summed E-state index contributed by atoms with van der Waals surface area (Å²) >= 11 is 0. The minimum absolute atomic E-state index is 0.246. The SMILES string of the molecule is Cn1cnc2cc(C(=O)C3CCCC3)ccc21. The molecule has 0 bridgehead atoms. The Morgan fingerprint density at radius 3 is 2.88 bits per heavy atom. The zero-order valence-electron chi connectivity index (χ0n) is 10.0. The van der Waals surface area contributed by atoms with E-state index in [-0.39, 0.29) is 5.92 Å². The highest BCUT2D eigenvalue weighted by Gasteiger charge is 2.23. The highest BCUT2D eigenvalue weighted by atomic mass is 16.1. The number of rotatable bonds is 2. The van der Waals surface area contributed by atoms with Gasteiger partial charge in [-0.15, -0.1) is 0 Å². The first-order chi connectivity index (χ1) is 8.25. The molecule has 2 aromatic rings. The molecule has 3 rings (SSSR count). The van der Waals surface area contributed by atoms with E-state index in [1.54, 1.807) is 6.33 Å². The summed E-state index contributed by atoms with van der Waals surface area (Å²) in [7, 11) is 1.97. The van der Waals surface area contributed by atoms with Gasteiger partial charge in [0.05, 0.1) is 17.4 Å². The summed E-state index contributed by atoms with van der Waals surface area (Å²) in [5.74, 6) is 0.547. The standard InChI is InChI=1S/C14H16N2O/c1-16-9-15-12-8-11(6-7-13(12)16)14(17)10-4-2-3-5-10/h6-10H,2-5H2,1H3. The van der Waals surface area contributed by atoms with Crippen LogP contribution in [0.1, 0.15) is 36.0 Å². The van der Waals surface area contributed by atoms with Gasteiger partial charge in [-0.3, -0.25) is 4.79 Å². The van der Waals surface area contributed by atoms with Gasteiger partial charge in [-0.05, 0) is 31.0 Å². The molecule has 17 heavy (non-hydrogen) atoms. The summed E-state index contributed by atoms with van der Waals surface area (Å²) < 4.78 is 1.97. The number of benzene rings is 1.